The molecule has 0 N–H and O–H groups in total. The Bertz CT molecular complexity index is 714. The third kappa shape index (κ3) is 3.18. The zero-order chi connectivity index (χ0) is 16.5. The van der Waals surface area contributed by atoms with E-state index >= 15 is 0 Å². The summed E-state index contributed by atoms with van der Waals surface area (Å²) in [4.78, 5) is 21.8. The van der Waals surface area contributed by atoms with Crippen LogP contribution in [-0.4, -0.2) is 42.0 Å². The molecule has 1 aromatic heterocycles. The number of rotatable bonds is 3. The third-order valence-electron chi connectivity index (χ3n) is 5.02. The van der Waals surface area contributed by atoms with Gasteiger partial charge in [-0.15, -0.1) is 11.3 Å². The fourth-order valence-electron chi connectivity index (χ4n) is 3.59. The summed E-state index contributed by atoms with van der Waals surface area (Å²) in [5, 5.41) is 3.19. The molecule has 1 aliphatic carbocycles. The van der Waals surface area contributed by atoms with E-state index in [1.54, 1.807) is 11.3 Å². The Morgan fingerprint density at radius 1 is 1.17 bits per heavy atom. The van der Waals surface area contributed by atoms with Crippen molar-refractivity contribution in [1.29, 1.82) is 0 Å². The van der Waals surface area contributed by atoms with Crippen molar-refractivity contribution < 1.29 is 4.79 Å². The molecule has 2 fully saturated rings. The molecule has 5 heteroatoms. The lowest BCUT2D eigenvalue weighted by Gasteiger charge is -2.22. The van der Waals surface area contributed by atoms with Crippen molar-refractivity contribution in [2.75, 3.05) is 31.1 Å². The molecule has 126 valence electrons. The first-order valence-electron chi connectivity index (χ1n) is 8.73. The van der Waals surface area contributed by atoms with E-state index in [0.29, 0.717) is 11.8 Å². The quantitative estimate of drug-likeness (QED) is 0.859. The van der Waals surface area contributed by atoms with Crippen LogP contribution in [0.1, 0.15) is 30.0 Å². The van der Waals surface area contributed by atoms with Crippen molar-refractivity contribution in [3.8, 4) is 0 Å². The number of anilines is 1. The predicted molar refractivity (Wildman–Crippen MR) is 97.6 cm³/mol. The van der Waals surface area contributed by atoms with Crippen molar-refractivity contribution in [3.63, 3.8) is 0 Å². The molecule has 0 unspecified atom stereocenters. The molecule has 2 aliphatic rings. The molecule has 2 atom stereocenters. The van der Waals surface area contributed by atoms with Crippen LogP contribution < -0.4 is 4.90 Å². The first-order valence-corrected chi connectivity index (χ1v) is 9.61. The van der Waals surface area contributed by atoms with Gasteiger partial charge in [0.25, 0.3) is 0 Å². The first kappa shape index (κ1) is 15.6. The van der Waals surface area contributed by atoms with Crippen molar-refractivity contribution >= 4 is 22.4 Å². The summed E-state index contributed by atoms with van der Waals surface area (Å²) in [6.07, 6.45) is 2.03. The summed E-state index contributed by atoms with van der Waals surface area (Å²) in [6.45, 7) is 5.60. The van der Waals surface area contributed by atoms with Crippen LogP contribution in [0, 0.1) is 12.8 Å². The van der Waals surface area contributed by atoms with Gasteiger partial charge in [0.1, 0.15) is 0 Å². The summed E-state index contributed by atoms with van der Waals surface area (Å²) in [5.41, 5.74) is 2.39. The Morgan fingerprint density at radius 2 is 2.00 bits per heavy atom. The Kier molecular flexibility index (Phi) is 4.27. The molecule has 1 amide bonds. The van der Waals surface area contributed by atoms with E-state index < -0.39 is 0 Å². The summed E-state index contributed by atoms with van der Waals surface area (Å²) < 4.78 is 0. The summed E-state index contributed by atoms with van der Waals surface area (Å²) in [5.74, 6) is 0.974. The molecule has 4 nitrogen and oxygen atoms in total. The van der Waals surface area contributed by atoms with Crippen LogP contribution in [0.5, 0.6) is 0 Å². The number of thiazole rings is 1. The van der Waals surface area contributed by atoms with Crippen molar-refractivity contribution in [1.82, 2.24) is 9.88 Å². The number of carbonyl (C=O) groups is 1. The third-order valence-corrected chi connectivity index (χ3v) is 6.04. The fraction of sp³-hybridized carbons (Fsp3) is 0.474. The topological polar surface area (TPSA) is 36.4 Å². The summed E-state index contributed by atoms with van der Waals surface area (Å²) in [6, 6.07) is 10.5. The number of hydrogen-bond donors (Lipinski definition) is 0. The van der Waals surface area contributed by atoms with Crippen LogP contribution in [0.2, 0.25) is 0 Å². The molecule has 24 heavy (non-hydrogen) atoms. The van der Waals surface area contributed by atoms with Crippen molar-refractivity contribution in [2.24, 2.45) is 5.92 Å². The second-order valence-corrected chi connectivity index (χ2v) is 7.63. The number of benzene rings is 1. The Morgan fingerprint density at radius 3 is 2.75 bits per heavy atom. The van der Waals surface area contributed by atoms with Gasteiger partial charge in [-0.1, -0.05) is 30.3 Å². The fourth-order valence-corrected chi connectivity index (χ4v) is 4.44. The Hall–Kier alpha value is -1.88. The van der Waals surface area contributed by atoms with Gasteiger partial charge >= 0.3 is 0 Å². The van der Waals surface area contributed by atoms with Crippen LogP contribution in [-0.2, 0) is 4.79 Å². The van der Waals surface area contributed by atoms with Gasteiger partial charge in [-0.25, -0.2) is 4.98 Å². The first-order chi connectivity index (χ1) is 11.7. The molecule has 1 aromatic carbocycles. The van der Waals surface area contributed by atoms with Gasteiger partial charge in [-0.2, -0.15) is 0 Å². The highest BCUT2D eigenvalue weighted by Gasteiger charge is 2.45. The maximum atomic E-state index is 12.8. The summed E-state index contributed by atoms with van der Waals surface area (Å²) in [7, 11) is 0. The highest BCUT2D eigenvalue weighted by molar-refractivity contribution is 7.13. The average Bonchev–Trinajstić information content (AvgIpc) is 3.35. The standard InChI is InChI=1S/C19H23N3OS/c1-14-13-24-19(20-14)22-9-5-8-21(10-11-22)18(23)17-12-16(17)15-6-3-2-4-7-15/h2-4,6-7,13,16-17H,5,8-12H2,1H3/t16-,17+/m0/s1. The molecule has 1 saturated heterocycles. The monoisotopic (exact) mass is 341 g/mol. The van der Waals surface area contributed by atoms with Crippen LogP contribution in [0.4, 0.5) is 5.13 Å². The SMILES string of the molecule is Cc1csc(N2CCCN(C(=O)[C@@H]3C[C@H]3c3ccccc3)CC2)n1. The van der Waals surface area contributed by atoms with Gasteiger partial charge in [0.05, 0.1) is 5.69 Å². The minimum Gasteiger partial charge on any atom is -0.346 e. The number of carbonyl (C=O) groups excluding carboxylic acids is 1. The number of aryl methyl sites for hydroxylation is 1. The lowest BCUT2D eigenvalue weighted by molar-refractivity contribution is -0.132. The van der Waals surface area contributed by atoms with Crippen LogP contribution in [0.15, 0.2) is 35.7 Å². The largest absolute Gasteiger partial charge is 0.346 e. The highest BCUT2D eigenvalue weighted by atomic mass is 32.1. The highest BCUT2D eigenvalue weighted by Crippen LogP contribution is 2.48. The number of amides is 1. The van der Waals surface area contributed by atoms with Gasteiger partial charge in [-0.3, -0.25) is 4.79 Å². The van der Waals surface area contributed by atoms with E-state index in [0.717, 1.165) is 49.8 Å². The molecular weight excluding hydrogens is 318 g/mol. The normalized spacial score (nSPS) is 23.9. The maximum Gasteiger partial charge on any atom is 0.226 e. The molecule has 0 radical (unpaired) electrons. The maximum absolute atomic E-state index is 12.8. The number of aromatic nitrogens is 1. The van der Waals surface area contributed by atoms with Crippen molar-refractivity contribution in [3.05, 3.63) is 47.0 Å². The van der Waals surface area contributed by atoms with E-state index in [2.05, 4.69) is 44.4 Å². The zero-order valence-corrected chi connectivity index (χ0v) is 14.8. The molecular formula is C19H23N3OS. The number of nitrogens with zero attached hydrogens (tertiary/aromatic N) is 3. The predicted octanol–water partition coefficient (Wildman–Crippen LogP) is 3.29. The van der Waals surface area contributed by atoms with E-state index in [9.17, 15) is 4.79 Å². The average molecular weight is 341 g/mol. The van der Waals surface area contributed by atoms with E-state index in [1.807, 2.05) is 13.0 Å². The molecule has 2 heterocycles. The van der Waals surface area contributed by atoms with Gasteiger partial charge in [-0.05, 0) is 31.2 Å². The van der Waals surface area contributed by atoms with E-state index in [1.165, 1.54) is 5.56 Å². The molecule has 0 spiro atoms. The van der Waals surface area contributed by atoms with Crippen molar-refractivity contribution in [2.45, 2.75) is 25.7 Å². The summed E-state index contributed by atoms with van der Waals surface area (Å²) >= 11 is 1.70. The molecule has 4 rings (SSSR count). The van der Waals surface area contributed by atoms with Crippen LogP contribution >= 0.6 is 11.3 Å². The second-order valence-electron chi connectivity index (χ2n) is 6.80. The van der Waals surface area contributed by atoms with Crippen LogP contribution in [0.25, 0.3) is 0 Å². The Labute approximate surface area is 147 Å². The minimum absolute atomic E-state index is 0.195. The zero-order valence-electron chi connectivity index (χ0n) is 14.0. The molecule has 2 aromatic rings. The Balaban J connectivity index is 1.37. The molecule has 0 bridgehead atoms. The lowest BCUT2D eigenvalue weighted by atomic mass is 10.1. The van der Waals surface area contributed by atoms with Crippen LogP contribution in [0.3, 0.4) is 0 Å². The van der Waals surface area contributed by atoms with Gasteiger partial charge in [0, 0.05) is 37.5 Å². The van der Waals surface area contributed by atoms with Gasteiger partial charge in [0.2, 0.25) is 5.91 Å². The molecule has 1 saturated carbocycles. The van der Waals surface area contributed by atoms with E-state index in [4.69, 9.17) is 0 Å². The van der Waals surface area contributed by atoms with Gasteiger partial charge < -0.3 is 9.80 Å². The van der Waals surface area contributed by atoms with Gasteiger partial charge in [0.15, 0.2) is 5.13 Å². The lowest BCUT2D eigenvalue weighted by Crippen LogP contribution is -2.36. The molecule has 1 aliphatic heterocycles. The minimum atomic E-state index is 0.195. The second kappa shape index (κ2) is 6.55. The smallest absolute Gasteiger partial charge is 0.226 e. The number of hydrogen-bond acceptors (Lipinski definition) is 4. The van der Waals surface area contributed by atoms with E-state index in [-0.39, 0.29) is 5.92 Å².